The van der Waals surface area contributed by atoms with Gasteiger partial charge in [-0.05, 0) is 19.4 Å². The van der Waals surface area contributed by atoms with Gasteiger partial charge in [-0.15, -0.1) is 0 Å². The van der Waals surface area contributed by atoms with E-state index >= 15 is 0 Å². The second kappa shape index (κ2) is 2.40. The third kappa shape index (κ3) is 1.45. The van der Waals surface area contributed by atoms with Crippen LogP contribution in [0.4, 0.5) is 0 Å². The minimum absolute atomic E-state index is 0.244. The second-order valence-electron chi connectivity index (χ2n) is 2.54. The Hall–Kier alpha value is -0.500. The monoisotopic (exact) mass is 128 g/mol. The second-order valence-corrected chi connectivity index (χ2v) is 2.54. The minimum Gasteiger partial charge on any atom is -0.470 e. The van der Waals surface area contributed by atoms with Crippen molar-refractivity contribution in [3.05, 3.63) is 11.8 Å². The normalized spacial score (nSPS) is 35.2. The van der Waals surface area contributed by atoms with Crippen molar-refractivity contribution >= 4 is 0 Å². The highest BCUT2D eigenvalue weighted by Gasteiger charge is 2.18. The van der Waals surface area contributed by atoms with E-state index in [0.29, 0.717) is 0 Å². The molecular formula is C7H12O2. The van der Waals surface area contributed by atoms with Gasteiger partial charge in [0.05, 0.1) is 5.76 Å². The molecule has 0 saturated heterocycles. The SMILES string of the molecule is CC1=CC[C@H](C)[C@H](O)O1. The van der Waals surface area contributed by atoms with Crippen molar-refractivity contribution in [2.75, 3.05) is 0 Å². The summed E-state index contributed by atoms with van der Waals surface area (Å²) >= 11 is 0. The molecule has 9 heavy (non-hydrogen) atoms. The van der Waals surface area contributed by atoms with Gasteiger partial charge in [0.2, 0.25) is 0 Å². The maximum Gasteiger partial charge on any atom is 0.199 e. The summed E-state index contributed by atoms with van der Waals surface area (Å²) in [4.78, 5) is 0. The van der Waals surface area contributed by atoms with Crippen LogP contribution in [0.5, 0.6) is 0 Å². The fraction of sp³-hybridized carbons (Fsp3) is 0.714. The van der Waals surface area contributed by atoms with Crippen LogP contribution in [0.3, 0.4) is 0 Å². The van der Waals surface area contributed by atoms with Crippen molar-refractivity contribution in [3.8, 4) is 0 Å². The number of aliphatic hydroxyl groups excluding tert-OH is 1. The van der Waals surface area contributed by atoms with Gasteiger partial charge < -0.3 is 9.84 Å². The first-order valence-corrected chi connectivity index (χ1v) is 3.21. The molecule has 1 N–H and O–H groups in total. The lowest BCUT2D eigenvalue weighted by molar-refractivity contribution is -0.107. The Morgan fingerprint density at radius 2 is 2.44 bits per heavy atom. The van der Waals surface area contributed by atoms with Crippen molar-refractivity contribution < 1.29 is 9.84 Å². The summed E-state index contributed by atoms with van der Waals surface area (Å²) in [6.45, 7) is 3.82. The maximum atomic E-state index is 9.09. The lowest BCUT2D eigenvalue weighted by Gasteiger charge is -2.23. The van der Waals surface area contributed by atoms with E-state index in [4.69, 9.17) is 9.84 Å². The number of ether oxygens (including phenoxy) is 1. The molecule has 1 rings (SSSR count). The fourth-order valence-electron chi connectivity index (χ4n) is 0.823. The molecule has 0 unspecified atom stereocenters. The number of hydrogen-bond acceptors (Lipinski definition) is 2. The quantitative estimate of drug-likeness (QED) is 0.532. The molecule has 0 bridgehead atoms. The predicted molar refractivity (Wildman–Crippen MR) is 34.6 cm³/mol. The standard InChI is InChI=1S/C7H12O2/c1-5-3-4-6(2)9-7(5)8/h4-5,7-8H,3H2,1-2H3/t5-,7+/m0/s1. The van der Waals surface area contributed by atoms with E-state index in [1.54, 1.807) is 0 Å². The van der Waals surface area contributed by atoms with Crippen LogP contribution in [0, 0.1) is 5.92 Å². The maximum absolute atomic E-state index is 9.09. The largest absolute Gasteiger partial charge is 0.470 e. The van der Waals surface area contributed by atoms with Crippen molar-refractivity contribution in [2.45, 2.75) is 26.6 Å². The van der Waals surface area contributed by atoms with Gasteiger partial charge >= 0.3 is 0 Å². The third-order valence-corrected chi connectivity index (χ3v) is 1.57. The number of rotatable bonds is 0. The summed E-state index contributed by atoms with van der Waals surface area (Å²) in [6, 6.07) is 0. The zero-order valence-corrected chi connectivity index (χ0v) is 5.79. The van der Waals surface area contributed by atoms with Gasteiger partial charge in [-0.25, -0.2) is 0 Å². The molecule has 0 radical (unpaired) electrons. The summed E-state index contributed by atoms with van der Waals surface area (Å²) in [7, 11) is 0. The molecule has 0 fully saturated rings. The van der Waals surface area contributed by atoms with Crippen molar-refractivity contribution in [3.63, 3.8) is 0 Å². The van der Waals surface area contributed by atoms with Crippen LogP contribution in [0.15, 0.2) is 11.8 Å². The zero-order valence-electron chi connectivity index (χ0n) is 5.79. The molecule has 1 heterocycles. The van der Waals surface area contributed by atoms with Crippen molar-refractivity contribution in [1.82, 2.24) is 0 Å². The molecule has 1 aliphatic heterocycles. The van der Waals surface area contributed by atoms with Gasteiger partial charge in [0.15, 0.2) is 6.29 Å². The Bertz CT molecular complexity index is 129. The molecule has 0 spiro atoms. The van der Waals surface area contributed by atoms with Crippen LogP contribution in [0.25, 0.3) is 0 Å². The lowest BCUT2D eigenvalue weighted by Crippen LogP contribution is -2.23. The first-order chi connectivity index (χ1) is 4.20. The zero-order chi connectivity index (χ0) is 6.85. The lowest BCUT2D eigenvalue weighted by atomic mass is 10.1. The van der Waals surface area contributed by atoms with Crippen molar-refractivity contribution in [2.24, 2.45) is 5.92 Å². The summed E-state index contributed by atoms with van der Waals surface area (Å²) in [5, 5.41) is 9.09. The Morgan fingerprint density at radius 3 is 2.89 bits per heavy atom. The topological polar surface area (TPSA) is 29.5 Å². The summed E-state index contributed by atoms with van der Waals surface area (Å²) in [5.41, 5.74) is 0. The van der Waals surface area contributed by atoms with Crippen LogP contribution >= 0.6 is 0 Å². The molecule has 2 heteroatoms. The fourth-order valence-corrected chi connectivity index (χ4v) is 0.823. The first kappa shape index (κ1) is 6.62. The van der Waals surface area contributed by atoms with E-state index in [2.05, 4.69) is 0 Å². The smallest absolute Gasteiger partial charge is 0.199 e. The molecule has 0 aliphatic carbocycles. The molecule has 2 nitrogen and oxygen atoms in total. The number of aliphatic hydroxyl groups is 1. The first-order valence-electron chi connectivity index (χ1n) is 3.21. The predicted octanol–water partition coefficient (Wildman–Crippen LogP) is 1.27. The van der Waals surface area contributed by atoms with Gasteiger partial charge in [0.25, 0.3) is 0 Å². The molecular weight excluding hydrogens is 116 g/mol. The van der Waals surface area contributed by atoms with Crippen LogP contribution in [0.2, 0.25) is 0 Å². The van der Waals surface area contributed by atoms with E-state index in [9.17, 15) is 0 Å². The number of allylic oxidation sites excluding steroid dienone is 2. The van der Waals surface area contributed by atoms with Gasteiger partial charge in [0.1, 0.15) is 0 Å². The van der Waals surface area contributed by atoms with E-state index < -0.39 is 6.29 Å². The average molecular weight is 128 g/mol. The van der Waals surface area contributed by atoms with Crippen LogP contribution in [-0.2, 0) is 4.74 Å². The Balaban J connectivity index is 2.54. The molecule has 2 atom stereocenters. The van der Waals surface area contributed by atoms with Gasteiger partial charge in [-0.3, -0.25) is 0 Å². The van der Waals surface area contributed by atoms with E-state index in [-0.39, 0.29) is 5.92 Å². The average Bonchev–Trinajstić information content (AvgIpc) is 1.80. The molecule has 0 saturated carbocycles. The van der Waals surface area contributed by atoms with Crippen molar-refractivity contribution in [1.29, 1.82) is 0 Å². The third-order valence-electron chi connectivity index (χ3n) is 1.57. The van der Waals surface area contributed by atoms with E-state index in [1.165, 1.54) is 0 Å². The van der Waals surface area contributed by atoms with Crippen LogP contribution < -0.4 is 0 Å². The van der Waals surface area contributed by atoms with Crippen LogP contribution in [0.1, 0.15) is 20.3 Å². The van der Waals surface area contributed by atoms with Crippen LogP contribution in [-0.4, -0.2) is 11.4 Å². The highest BCUT2D eigenvalue weighted by Crippen LogP contribution is 2.19. The molecule has 0 aromatic rings. The van der Waals surface area contributed by atoms with Gasteiger partial charge in [0, 0.05) is 5.92 Å². The highest BCUT2D eigenvalue weighted by molar-refractivity contribution is 4.94. The molecule has 0 aromatic heterocycles. The van der Waals surface area contributed by atoms with Gasteiger partial charge in [-0.1, -0.05) is 6.92 Å². The summed E-state index contributed by atoms with van der Waals surface area (Å²) < 4.78 is 5.02. The Morgan fingerprint density at radius 1 is 1.78 bits per heavy atom. The number of hydrogen-bond donors (Lipinski definition) is 1. The summed E-state index contributed by atoms with van der Waals surface area (Å²) in [5.74, 6) is 1.08. The summed E-state index contributed by atoms with van der Waals surface area (Å²) in [6.07, 6.45) is 2.33. The molecule has 52 valence electrons. The minimum atomic E-state index is -0.588. The Labute approximate surface area is 55.1 Å². The van der Waals surface area contributed by atoms with E-state index in [0.717, 1.165) is 12.2 Å². The van der Waals surface area contributed by atoms with Gasteiger partial charge in [-0.2, -0.15) is 0 Å². The Kier molecular flexibility index (Phi) is 1.76. The molecule has 0 amide bonds. The highest BCUT2D eigenvalue weighted by atomic mass is 16.6. The molecule has 0 aromatic carbocycles. The molecule has 1 aliphatic rings. The van der Waals surface area contributed by atoms with E-state index in [1.807, 2.05) is 19.9 Å².